The maximum atomic E-state index is 12.3. The number of carboxylic acids is 1. The number of benzene rings is 2. The van der Waals surface area contributed by atoms with Crippen LogP contribution in [0, 0.1) is 0 Å². The molecule has 1 heterocycles. The molecule has 3 rings (SSSR count). The first-order valence-corrected chi connectivity index (χ1v) is 7.95. The summed E-state index contributed by atoms with van der Waals surface area (Å²) in [4.78, 5) is 22.9. The second kappa shape index (κ2) is 6.79. The van der Waals surface area contributed by atoms with Crippen LogP contribution in [0.15, 0.2) is 48.5 Å². The number of nitrogens with one attached hydrogen (secondary N) is 2. The molecule has 0 bridgehead atoms. The third kappa shape index (κ3) is 3.32. The number of hydrogen-bond acceptors (Lipinski definition) is 5. The van der Waals surface area contributed by atoms with E-state index in [1.54, 1.807) is 24.4 Å². The first kappa shape index (κ1) is 17.3. The predicted octanol–water partition coefficient (Wildman–Crippen LogP) is 0.446. The number of hydrogen-bond donors (Lipinski definition) is 4. The van der Waals surface area contributed by atoms with Crippen LogP contribution in [-0.4, -0.2) is 34.2 Å². The minimum Gasteiger partial charge on any atom is -0.509 e. The second-order valence-electron chi connectivity index (χ2n) is 6.00. The molecule has 0 aliphatic carbocycles. The highest BCUT2D eigenvalue weighted by atomic mass is 16.5. The van der Waals surface area contributed by atoms with E-state index in [9.17, 15) is 14.7 Å². The number of aliphatic hydroxyl groups is 1. The van der Waals surface area contributed by atoms with Gasteiger partial charge in [0.2, 0.25) is 0 Å². The molecule has 0 fully saturated rings. The molecule has 1 unspecified atom stereocenters. The summed E-state index contributed by atoms with van der Waals surface area (Å²) in [5.74, 6) is -0.723. The van der Waals surface area contributed by atoms with Gasteiger partial charge in [0, 0.05) is 16.6 Å². The lowest BCUT2D eigenvalue weighted by Gasteiger charge is -2.30. The number of aliphatic hydroxyl groups excluding tert-OH is 1. The summed E-state index contributed by atoms with van der Waals surface area (Å²) >= 11 is 0. The Balaban J connectivity index is 1.91. The molecule has 1 amide bonds. The molecular formula is C19H18N2O5. The van der Waals surface area contributed by atoms with Gasteiger partial charge in [0.25, 0.3) is 5.91 Å². The Morgan fingerprint density at radius 3 is 2.58 bits per heavy atom. The maximum absolute atomic E-state index is 12.3. The van der Waals surface area contributed by atoms with Crippen molar-refractivity contribution in [2.45, 2.75) is 12.5 Å². The van der Waals surface area contributed by atoms with Crippen molar-refractivity contribution < 1.29 is 24.5 Å². The molecule has 7 heteroatoms. The zero-order valence-electron chi connectivity index (χ0n) is 14.0. The number of carboxylic acid groups (broad SMARTS) is 1. The Labute approximate surface area is 149 Å². The van der Waals surface area contributed by atoms with E-state index >= 15 is 0 Å². The van der Waals surface area contributed by atoms with Crippen molar-refractivity contribution >= 4 is 23.8 Å². The molecular weight excluding hydrogens is 336 g/mol. The first-order chi connectivity index (χ1) is 12.4. The van der Waals surface area contributed by atoms with Gasteiger partial charge in [-0.15, -0.1) is 0 Å². The summed E-state index contributed by atoms with van der Waals surface area (Å²) in [7, 11) is 0. The van der Waals surface area contributed by atoms with Crippen LogP contribution in [0.4, 0.5) is 0 Å². The summed E-state index contributed by atoms with van der Waals surface area (Å²) in [5.41, 5.74) is -1.45. The molecule has 134 valence electrons. The number of rotatable bonds is 5. The van der Waals surface area contributed by atoms with Crippen LogP contribution in [0.3, 0.4) is 0 Å². The van der Waals surface area contributed by atoms with Gasteiger partial charge in [-0.3, -0.25) is 9.59 Å². The number of amides is 1. The molecule has 2 aromatic carbocycles. The summed E-state index contributed by atoms with van der Waals surface area (Å²) in [5, 5.41) is 25.5. The Bertz CT molecular complexity index is 971. The average molecular weight is 354 g/mol. The van der Waals surface area contributed by atoms with Gasteiger partial charge in [-0.1, -0.05) is 18.2 Å². The number of fused-ring (bicyclic) bond motifs is 1. The van der Waals surface area contributed by atoms with Gasteiger partial charge in [-0.25, -0.2) is 0 Å². The van der Waals surface area contributed by atoms with Gasteiger partial charge in [0.05, 0.1) is 0 Å². The van der Waals surface area contributed by atoms with Crippen molar-refractivity contribution in [2.75, 3.05) is 6.54 Å². The maximum Gasteiger partial charge on any atom is 0.322 e. The molecule has 7 nitrogen and oxygen atoms in total. The molecule has 0 radical (unpaired) electrons. The van der Waals surface area contributed by atoms with Gasteiger partial charge in [-0.2, -0.15) is 0 Å². The summed E-state index contributed by atoms with van der Waals surface area (Å²) < 4.78 is 5.76. The van der Waals surface area contributed by atoms with Crippen LogP contribution in [0.2, 0.25) is 0 Å². The van der Waals surface area contributed by atoms with Crippen LogP contribution in [0.25, 0.3) is 12.0 Å². The molecule has 0 spiro atoms. The number of para-hydroxylation sites is 1. The zero-order valence-corrected chi connectivity index (χ0v) is 14.0. The van der Waals surface area contributed by atoms with Crippen molar-refractivity contribution in [3.63, 3.8) is 0 Å². The van der Waals surface area contributed by atoms with E-state index in [4.69, 9.17) is 9.84 Å². The lowest BCUT2D eigenvalue weighted by molar-refractivity contribution is -0.138. The first-order valence-electron chi connectivity index (χ1n) is 7.95. The highest BCUT2D eigenvalue weighted by Crippen LogP contribution is 2.20. The van der Waals surface area contributed by atoms with Crippen molar-refractivity contribution in [1.82, 2.24) is 10.6 Å². The van der Waals surface area contributed by atoms with E-state index in [0.717, 1.165) is 0 Å². The highest BCUT2D eigenvalue weighted by Gasteiger charge is 2.39. The number of carbonyl (C=O) groups is 2. The SMILES string of the molecule is CC1(C(=O)NCC(=O)O)NC=c2cc(Oc3ccccc3)ccc2=C1O. The van der Waals surface area contributed by atoms with Crippen LogP contribution in [0.5, 0.6) is 11.5 Å². The molecule has 1 atom stereocenters. The van der Waals surface area contributed by atoms with Gasteiger partial charge in [-0.05, 0) is 37.3 Å². The van der Waals surface area contributed by atoms with Crippen LogP contribution in [0.1, 0.15) is 6.92 Å². The van der Waals surface area contributed by atoms with Crippen molar-refractivity contribution in [3.05, 3.63) is 59.0 Å². The van der Waals surface area contributed by atoms with Crippen molar-refractivity contribution in [2.24, 2.45) is 0 Å². The Hall–Kier alpha value is -3.48. The lowest BCUT2D eigenvalue weighted by atomic mass is 9.93. The standard InChI is InChI=1S/C19H18N2O5/c1-19(18(25)20-11-16(22)23)17(24)15-8-7-14(9-12(15)10-21-19)26-13-5-3-2-4-6-13/h2-10,21,24H,11H2,1H3,(H,20,25)(H,22,23). The lowest BCUT2D eigenvalue weighted by Crippen LogP contribution is -2.59. The normalized spacial score (nSPS) is 18.1. The Morgan fingerprint density at radius 1 is 1.15 bits per heavy atom. The number of ether oxygens (including phenoxy) is 1. The Kier molecular flexibility index (Phi) is 4.53. The van der Waals surface area contributed by atoms with Gasteiger partial charge in [0.1, 0.15) is 23.8 Å². The van der Waals surface area contributed by atoms with Crippen molar-refractivity contribution in [3.8, 4) is 11.5 Å². The van der Waals surface area contributed by atoms with Crippen LogP contribution < -0.4 is 25.8 Å². The zero-order chi connectivity index (χ0) is 18.7. The van der Waals surface area contributed by atoms with E-state index in [1.165, 1.54) is 6.92 Å². The van der Waals surface area contributed by atoms with Crippen LogP contribution in [-0.2, 0) is 9.59 Å². The van der Waals surface area contributed by atoms with Crippen molar-refractivity contribution in [1.29, 1.82) is 0 Å². The summed E-state index contributed by atoms with van der Waals surface area (Å²) in [6.07, 6.45) is 1.59. The van der Waals surface area contributed by atoms with Crippen LogP contribution >= 0.6 is 0 Å². The molecule has 0 saturated heterocycles. The molecule has 1 aliphatic rings. The van der Waals surface area contributed by atoms with Gasteiger partial charge < -0.3 is 25.6 Å². The van der Waals surface area contributed by atoms with E-state index in [0.29, 0.717) is 21.9 Å². The van der Waals surface area contributed by atoms with E-state index in [-0.39, 0.29) is 5.76 Å². The molecule has 0 aromatic heterocycles. The second-order valence-corrected chi connectivity index (χ2v) is 6.00. The van der Waals surface area contributed by atoms with E-state index < -0.39 is 24.0 Å². The summed E-state index contributed by atoms with van der Waals surface area (Å²) in [6, 6.07) is 14.4. The Morgan fingerprint density at radius 2 is 1.88 bits per heavy atom. The number of carbonyl (C=O) groups excluding carboxylic acids is 1. The molecule has 2 aromatic rings. The topological polar surface area (TPSA) is 108 Å². The fraction of sp³-hybridized carbons (Fsp3) is 0.158. The van der Waals surface area contributed by atoms with Gasteiger partial charge >= 0.3 is 5.97 Å². The average Bonchev–Trinajstić information content (AvgIpc) is 2.63. The predicted molar refractivity (Wildman–Crippen MR) is 94.9 cm³/mol. The number of aliphatic carboxylic acids is 1. The minimum absolute atomic E-state index is 0.191. The quantitative estimate of drug-likeness (QED) is 0.621. The monoisotopic (exact) mass is 354 g/mol. The molecule has 1 aliphatic heterocycles. The van der Waals surface area contributed by atoms with E-state index in [1.807, 2.05) is 30.3 Å². The molecule has 0 saturated carbocycles. The fourth-order valence-corrected chi connectivity index (χ4v) is 2.63. The largest absolute Gasteiger partial charge is 0.509 e. The highest BCUT2D eigenvalue weighted by molar-refractivity contribution is 5.97. The molecule has 26 heavy (non-hydrogen) atoms. The third-order valence-electron chi connectivity index (χ3n) is 4.10. The molecule has 4 N–H and O–H groups in total. The van der Waals surface area contributed by atoms with Gasteiger partial charge in [0.15, 0.2) is 5.54 Å². The fourth-order valence-electron chi connectivity index (χ4n) is 2.63. The minimum atomic E-state index is -1.45. The summed E-state index contributed by atoms with van der Waals surface area (Å²) in [6.45, 7) is 0.952. The smallest absolute Gasteiger partial charge is 0.322 e. The van der Waals surface area contributed by atoms with E-state index in [2.05, 4.69) is 10.6 Å². The third-order valence-corrected chi connectivity index (χ3v) is 4.10.